The van der Waals surface area contributed by atoms with E-state index in [1.165, 1.54) is 25.7 Å². The Morgan fingerprint density at radius 1 is 0.846 bits per heavy atom. The zero-order chi connectivity index (χ0) is 10.1. The van der Waals surface area contributed by atoms with Crippen LogP contribution in [0.1, 0.15) is 58.8 Å². The minimum absolute atomic E-state index is 0.508. The van der Waals surface area contributed by atoms with E-state index in [2.05, 4.69) is 6.92 Å². The van der Waals surface area contributed by atoms with Gasteiger partial charge in [0.1, 0.15) is 0 Å². The van der Waals surface area contributed by atoms with Crippen LogP contribution in [0.5, 0.6) is 0 Å². The molecule has 0 rings (SSSR count). The molecule has 2 atom stereocenters. The first kappa shape index (κ1) is 12.9. The quantitative estimate of drug-likeness (QED) is 0.574. The van der Waals surface area contributed by atoms with E-state index in [0.717, 1.165) is 12.8 Å². The van der Waals surface area contributed by atoms with Crippen molar-refractivity contribution in [1.29, 1.82) is 0 Å². The number of aliphatic hydroxyl groups is 2. The van der Waals surface area contributed by atoms with Gasteiger partial charge in [-0.05, 0) is 12.8 Å². The molecule has 0 spiro atoms. The van der Waals surface area contributed by atoms with Crippen LogP contribution in [0, 0.1) is 0 Å². The molecule has 0 aromatic heterocycles. The first-order chi connectivity index (χ1) is 6.22. The van der Waals surface area contributed by atoms with Crippen LogP contribution in [0.15, 0.2) is 0 Å². The third-order valence-corrected chi connectivity index (χ3v) is 2.47. The van der Waals surface area contributed by atoms with Gasteiger partial charge in [-0.1, -0.05) is 46.0 Å². The molecule has 2 N–H and O–H groups in total. The summed E-state index contributed by atoms with van der Waals surface area (Å²) in [5.41, 5.74) is 0. The predicted molar refractivity (Wildman–Crippen MR) is 55.7 cm³/mol. The highest BCUT2D eigenvalue weighted by atomic mass is 16.3. The van der Waals surface area contributed by atoms with Gasteiger partial charge in [0.2, 0.25) is 0 Å². The van der Waals surface area contributed by atoms with E-state index in [1.807, 2.05) is 6.92 Å². The summed E-state index contributed by atoms with van der Waals surface area (Å²) in [6.07, 6.45) is 6.38. The lowest BCUT2D eigenvalue weighted by atomic mass is 10.0. The fourth-order valence-corrected chi connectivity index (χ4v) is 1.42. The smallest absolute Gasteiger partial charge is 0.0799 e. The van der Waals surface area contributed by atoms with Gasteiger partial charge in [-0.2, -0.15) is 0 Å². The standard InChI is InChI=1S/C11H24O2/c1-3-5-6-7-8-9-11(13)10(12)4-2/h10-13H,3-9H2,1-2H3/t10-,11+/m0/s1. The van der Waals surface area contributed by atoms with Crippen molar-refractivity contribution in [2.24, 2.45) is 0 Å². The van der Waals surface area contributed by atoms with Crippen molar-refractivity contribution in [3.63, 3.8) is 0 Å². The van der Waals surface area contributed by atoms with Crippen LogP contribution in [0.3, 0.4) is 0 Å². The summed E-state index contributed by atoms with van der Waals surface area (Å²) in [4.78, 5) is 0. The predicted octanol–water partition coefficient (Wildman–Crippen LogP) is 2.48. The second-order valence-corrected chi connectivity index (χ2v) is 3.75. The van der Waals surface area contributed by atoms with Crippen molar-refractivity contribution >= 4 is 0 Å². The van der Waals surface area contributed by atoms with E-state index in [4.69, 9.17) is 0 Å². The van der Waals surface area contributed by atoms with E-state index in [1.54, 1.807) is 0 Å². The van der Waals surface area contributed by atoms with Crippen molar-refractivity contribution in [3.8, 4) is 0 Å². The third kappa shape index (κ3) is 7.03. The SMILES string of the molecule is CCCCCCC[C@@H](O)[C@@H](O)CC. The molecule has 0 amide bonds. The minimum Gasteiger partial charge on any atom is -0.390 e. The van der Waals surface area contributed by atoms with Gasteiger partial charge in [-0.15, -0.1) is 0 Å². The minimum atomic E-state index is -0.522. The highest BCUT2D eigenvalue weighted by Crippen LogP contribution is 2.10. The van der Waals surface area contributed by atoms with Crippen LogP contribution >= 0.6 is 0 Å². The average Bonchev–Trinajstić information content (AvgIpc) is 2.16. The number of hydrogen-bond acceptors (Lipinski definition) is 2. The molecule has 0 aliphatic rings. The molecule has 0 saturated heterocycles. The van der Waals surface area contributed by atoms with Crippen LogP contribution in [-0.4, -0.2) is 22.4 Å². The number of rotatable bonds is 8. The summed E-state index contributed by atoms with van der Waals surface area (Å²) in [5, 5.41) is 18.7. The van der Waals surface area contributed by atoms with Gasteiger partial charge in [0, 0.05) is 0 Å². The Balaban J connectivity index is 3.21. The van der Waals surface area contributed by atoms with Crippen molar-refractivity contribution in [1.82, 2.24) is 0 Å². The Morgan fingerprint density at radius 3 is 2.00 bits per heavy atom. The van der Waals surface area contributed by atoms with Crippen LogP contribution in [0.4, 0.5) is 0 Å². The molecule has 0 radical (unpaired) electrons. The van der Waals surface area contributed by atoms with Gasteiger partial charge in [-0.25, -0.2) is 0 Å². The van der Waals surface area contributed by atoms with E-state index in [9.17, 15) is 10.2 Å². The summed E-state index contributed by atoms with van der Waals surface area (Å²) >= 11 is 0. The maximum atomic E-state index is 9.42. The van der Waals surface area contributed by atoms with Gasteiger partial charge in [0.15, 0.2) is 0 Å². The summed E-state index contributed by atoms with van der Waals surface area (Å²) in [7, 11) is 0. The normalized spacial score (nSPS) is 15.7. The Hall–Kier alpha value is -0.0800. The van der Waals surface area contributed by atoms with Crippen molar-refractivity contribution in [2.75, 3.05) is 0 Å². The average molecular weight is 188 g/mol. The zero-order valence-corrected chi connectivity index (χ0v) is 9.00. The van der Waals surface area contributed by atoms with E-state index < -0.39 is 12.2 Å². The lowest BCUT2D eigenvalue weighted by Gasteiger charge is -2.15. The van der Waals surface area contributed by atoms with Crippen LogP contribution < -0.4 is 0 Å². The number of unbranched alkanes of at least 4 members (excludes halogenated alkanes) is 4. The Kier molecular flexibility index (Phi) is 8.46. The van der Waals surface area contributed by atoms with Gasteiger partial charge in [0.25, 0.3) is 0 Å². The molecule has 0 bridgehead atoms. The van der Waals surface area contributed by atoms with Gasteiger partial charge in [-0.3, -0.25) is 0 Å². The molecule has 0 aromatic carbocycles. The van der Waals surface area contributed by atoms with Gasteiger partial charge >= 0.3 is 0 Å². The molecular weight excluding hydrogens is 164 g/mol. The van der Waals surface area contributed by atoms with E-state index in [0.29, 0.717) is 6.42 Å². The maximum Gasteiger partial charge on any atom is 0.0799 e. The molecule has 0 aliphatic carbocycles. The van der Waals surface area contributed by atoms with Crippen molar-refractivity contribution in [2.45, 2.75) is 71.0 Å². The largest absolute Gasteiger partial charge is 0.390 e. The van der Waals surface area contributed by atoms with Gasteiger partial charge in [0.05, 0.1) is 12.2 Å². The van der Waals surface area contributed by atoms with E-state index >= 15 is 0 Å². The number of hydrogen-bond donors (Lipinski definition) is 2. The molecule has 0 aromatic rings. The molecule has 0 heterocycles. The molecule has 0 saturated carbocycles. The van der Waals surface area contributed by atoms with Crippen LogP contribution in [0.2, 0.25) is 0 Å². The monoisotopic (exact) mass is 188 g/mol. The first-order valence-electron chi connectivity index (χ1n) is 5.58. The summed E-state index contributed by atoms with van der Waals surface area (Å²) in [6.45, 7) is 4.08. The fraction of sp³-hybridized carbons (Fsp3) is 1.00. The van der Waals surface area contributed by atoms with Crippen molar-refractivity contribution < 1.29 is 10.2 Å². The second-order valence-electron chi connectivity index (χ2n) is 3.75. The first-order valence-corrected chi connectivity index (χ1v) is 5.58. The van der Waals surface area contributed by atoms with Crippen molar-refractivity contribution in [3.05, 3.63) is 0 Å². The Morgan fingerprint density at radius 2 is 1.46 bits per heavy atom. The fourth-order valence-electron chi connectivity index (χ4n) is 1.42. The third-order valence-electron chi connectivity index (χ3n) is 2.47. The molecule has 2 nitrogen and oxygen atoms in total. The lowest BCUT2D eigenvalue weighted by Crippen LogP contribution is -2.24. The summed E-state index contributed by atoms with van der Waals surface area (Å²) in [6, 6.07) is 0. The molecule has 2 heteroatoms. The maximum absolute atomic E-state index is 9.42. The zero-order valence-electron chi connectivity index (χ0n) is 9.00. The lowest BCUT2D eigenvalue weighted by molar-refractivity contribution is 0.0114. The molecular formula is C11H24O2. The topological polar surface area (TPSA) is 40.5 Å². The highest BCUT2D eigenvalue weighted by molar-refractivity contribution is 4.64. The molecule has 13 heavy (non-hydrogen) atoms. The highest BCUT2D eigenvalue weighted by Gasteiger charge is 2.12. The van der Waals surface area contributed by atoms with Crippen LogP contribution in [-0.2, 0) is 0 Å². The van der Waals surface area contributed by atoms with Gasteiger partial charge < -0.3 is 10.2 Å². The molecule has 0 fully saturated rings. The molecule has 0 unspecified atom stereocenters. The van der Waals surface area contributed by atoms with E-state index in [-0.39, 0.29) is 0 Å². The Labute approximate surface area is 82.0 Å². The number of aliphatic hydroxyl groups excluding tert-OH is 2. The second kappa shape index (κ2) is 8.52. The molecule has 80 valence electrons. The summed E-state index contributed by atoms with van der Waals surface area (Å²) in [5.74, 6) is 0. The van der Waals surface area contributed by atoms with Crippen LogP contribution in [0.25, 0.3) is 0 Å². The summed E-state index contributed by atoms with van der Waals surface area (Å²) < 4.78 is 0. The Bertz CT molecular complexity index is 104. The molecule has 0 aliphatic heterocycles.